The second kappa shape index (κ2) is 3.86. The topological polar surface area (TPSA) is 42.9 Å². The number of nitrogens with zero attached hydrogens (tertiary/aromatic N) is 2. The maximum absolute atomic E-state index is 11.9. The standard InChI is InChI=1S/C11H16N2O/c1-8(10(14)11(2,3)4)9-7-12-5-6-13-9/h5-8H,1-4H3. The van der Waals surface area contributed by atoms with Crippen LogP contribution in [0, 0.1) is 5.41 Å². The molecule has 3 nitrogen and oxygen atoms in total. The van der Waals surface area contributed by atoms with E-state index < -0.39 is 0 Å². The number of ketones is 1. The van der Waals surface area contributed by atoms with E-state index >= 15 is 0 Å². The number of carbonyl (C=O) groups is 1. The zero-order valence-corrected chi connectivity index (χ0v) is 9.11. The highest BCUT2D eigenvalue weighted by Gasteiger charge is 2.28. The van der Waals surface area contributed by atoms with Gasteiger partial charge >= 0.3 is 0 Å². The lowest BCUT2D eigenvalue weighted by molar-refractivity contribution is -0.127. The molecule has 0 saturated heterocycles. The number of hydrogen-bond donors (Lipinski definition) is 0. The number of aromatic nitrogens is 2. The third-order valence-electron chi connectivity index (χ3n) is 2.16. The molecule has 1 aromatic heterocycles. The average molecular weight is 192 g/mol. The molecule has 0 aliphatic heterocycles. The van der Waals surface area contributed by atoms with Gasteiger partial charge in [0.25, 0.3) is 0 Å². The Bertz CT molecular complexity index is 314. The highest BCUT2D eigenvalue weighted by atomic mass is 16.1. The fraction of sp³-hybridized carbons (Fsp3) is 0.545. The van der Waals surface area contributed by atoms with Crippen molar-refractivity contribution in [1.82, 2.24) is 9.97 Å². The van der Waals surface area contributed by atoms with Gasteiger partial charge in [0.05, 0.1) is 11.6 Å². The number of hydrogen-bond acceptors (Lipinski definition) is 3. The SMILES string of the molecule is CC(C(=O)C(C)(C)C)c1cnccn1. The fourth-order valence-corrected chi connectivity index (χ4v) is 1.32. The minimum Gasteiger partial charge on any atom is -0.298 e. The minimum absolute atomic E-state index is 0.177. The summed E-state index contributed by atoms with van der Waals surface area (Å²) in [6.07, 6.45) is 4.87. The van der Waals surface area contributed by atoms with Crippen LogP contribution in [0.1, 0.15) is 39.3 Å². The van der Waals surface area contributed by atoms with Crippen molar-refractivity contribution in [2.45, 2.75) is 33.6 Å². The predicted octanol–water partition coefficient (Wildman–Crippen LogP) is 2.20. The van der Waals surface area contributed by atoms with Crippen molar-refractivity contribution in [3.63, 3.8) is 0 Å². The monoisotopic (exact) mass is 192 g/mol. The molecule has 0 aliphatic rings. The van der Waals surface area contributed by atoms with Gasteiger partial charge in [-0.05, 0) is 6.92 Å². The van der Waals surface area contributed by atoms with E-state index in [9.17, 15) is 4.79 Å². The van der Waals surface area contributed by atoms with Gasteiger partial charge in [0.1, 0.15) is 5.78 Å². The minimum atomic E-state index is -0.322. The van der Waals surface area contributed by atoms with Crippen LogP contribution in [0.5, 0.6) is 0 Å². The van der Waals surface area contributed by atoms with Crippen LogP contribution in [0.3, 0.4) is 0 Å². The van der Waals surface area contributed by atoms with Crippen LogP contribution < -0.4 is 0 Å². The Balaban J connectivity index is 2.87. The van der Waals surface area contributed by atoms with Crippen molar-refractivity contribution in [3.8, 4) is 0 Å². The maximum atomic E-state index is 11.9. The molecule has 0 aliphatic carbocycles. The first-order chi connectivity index (χ1) is 6.43. The van der Waals surface area contributed by atoms with E-state index in [0.717, 1.165) is 5.69 Å². The third-order valence-corrected chi connectivity index (χ3v) is 2.16. The number of rotatable bonds is 2. The Morgan fingerprint density at radius 1 is 1.36 bits per heavy atom. The van der Waals surface area contributed by atoms with Crippen molar-refractivity contribution in [2.24, 2.45) is 5.41 Å². The molecule has 3 heteroatoms. The van der Waals surface area contributed by atoms with E-state index in [2.05, 4.69) is 9.97 Å². The van der Waals surface area contributed by atoms with Crippen LogP contribution in [0.4, 0.5) is 0 Å². The molecule has 0 bridgehead atoms. The largest absolute Gasteiger partial charge is 0.298 e. The summed E-state index contributed by atoms with van der Waals surface area (Å²) in [7, 11) is 0. The Hall–Kier alpha value is -1.25. The third kappa shape index (κ3) is 2.37. The molecule has 0 fully saturated rings. The van der Waals surface area contributed by atoms with Gasteiger partial charge in [-0.2, -0.15) is 0 Å². The van der Waals surface area contributed by atoms with Crippen LogP contribution in [0.25, 0.3) is 0 Å². The molecular formula is C11H16N2O. The van der Waals surface area contributed by atoms with Crippen molar-refractivity contribution >= 4 is 5.78 Å². The van der Waals surface area contributed by atoms with E-state index in [1.165, 1.54) is 0 Å². The second-order valence-electron chi connectivity index (χ2n) is 4.47. The molecule has 1 rings (SSSR count). The van der Waals surface area contributed by atoms with Crippen LogP contribution in [0.15, 0.2) is 18.6 Å². The Morgan fingerprint density at radius 2 is 2.00 bits per heavy atom. The molecule has 14 heavy (non-hydrogen) atoms. The second-order valence-corrected chi connectivity index (χ2v) is 4.47. The van der Waals surface area contributed by atoms with Crippen molar-refractivity contribution in [3.05, 3.63) is 24.3 Å². The van der Waals surface area contributed by atoms with E-state index in [4.69, 9.17) is 0 Å². The highest BCUT2D eigenvalue weighted by Crippen LogP contribution is 2.25. The summed E-state index contributed by atoms with van der Waals surface area (Å²) in [5.41, 5.74) is 0.421. The van der Waals surface area contributed by atoms with E-state index in [0.29, 0.717) is 0 Å². The molecule has 1 atom stereocenters. The van der Waals surface area contributed by atoms with Crippen molar-refractivity contribution in [2.75, 3.05) is 0 Å². The maximum Gasteiger partial charge on any atom is 0.146 e. The zero-order chi connectivity index (χ0) is 10.8. The zero-order valence-electron chi connectivity index (χ0n) is 9.11. The lowest BCUT2D eigenvalue weighted by Crippen LogP contribution is -2.25. The molecule has 76 valence electrons. The lowest BCUT2D eigenvalue weighted by Gasteiger charge is -2.21. The number of Topliss-reactive ketones (excluding diaryl/α,β-unsaturated/α-hetero) is 1. The first kappa shape index (κ1) is 10.8. The van der Waals surface area contributed by atoms with Gasteiger partial charge in [0.2, 0.25) is 0 Å². The van der Waals surface area contributed by atoms with Gasteiger partial charge in [-0.1, -0.05) is 20.8 Å². The van der Waals surface area contributed by atoms with Gasteiger partial charge in [-0.15, -0.1) is 0 Å². The Labute approximate surface area is 84.6 Å². The Morgan fingerprint density at radius 3 is 2.43 bits per heavy atom. The summed E-state index contributed by atoms with van der Waals surface area (Å²) in [5.74, 6) is 0.0155. The predicted molar refractivity (Wildman–Crippen MR) is 54.9 cm³/mol. The van der Waals surface area contributed by atoms with Gasteiger partial charge in [0.15, 0.2) is 0 Å². The van der Waals surface area contributed by atoms with Gasteiger partial charge in [0, 0.05) is 24.0 Å². The summed E-state index contributed by atoms with van der Waals surface area (Å²) >= 11 is 0. The molecule has 0 saturated carbocycles. The van der Waals surface area contributed by atoms with Crippen LogP contribution >= 0.6 is 0 Å². The van der Waals surface area contributed by atoms with Gasteiger partial charge in [-0.25, -0.2) is 0 Å². The quantitative estimate of drug-likeness (QED) is 0.721. The summed E-state index contributed by atoms with van der Waals surface area (Å²) in [6, 6.07) is 0. The molecule has 1 heterocycles. The summed E-state index contributed by atoms with van der Waals surface area (Å²) < 4.78 is 0. The fourth-order valence-electron chi connectivity index (χ4n) is 1.32. The molecule has 1 aromatic rings. The number of carbonyl (C=O) groups excluding carboxylic acids is 1. The molecule has 1 unspecified atom stereocenters. The molecule has 0 aromatic carbocycles. The summed E-state index contributed by atoms with van der Waals surface area (Å²) in [5, 5.41) is 0. The molecule has 0 amide bonds. The molecule has 0 radical (unpaired) electrons. The molecule has 0 spiro atoms. The first-order valence-corrected chi connectivity index (χ1v) is 4.73. The van der Waals surface area contributed by atoms with Crippen molar-refractivity contribution in [1.29, 1.82) is 0 Å². The smallest absolute Gasteiger partial charge is 0.146 e. The Kier molecular flexibility index (Phi) is 2.99. The van der Waals surface area contributed by atoms with Gasteiger partial charge in [-0.3, -0.25) is 14.8 Å². The van der Waals surface area contributed by atoms with Crippen LogP contribution in [-0.4, -0.2) is 15.8 Å². The van der Waals surface area contributed by atoms with Gasteiger partial charge < -0.3 is 0 Å². The molecule has 0 N–H and O–H groups in total. The van der Waals surface area contributed by atoms with E-state index in [-0.39, 0.29) is 17.1 Å². The van der Waals surface area contributed by atoms with E-state index in [1.54, 1.807) is 18.6 Å². The lowest BCUT2D eigenvalue weighted by atomic mass is 9.82. The first-order valence-electron chi connectivity index (χ1n) is 4.73. The summed E-state index contributed by atoms with van der Waals surface area (Å²) in [4.78, 5) is 20.0. The van der Waals surface area contributed by atoms with Crippen LogP contribution in [0.2, 0.25) is 0 Å². The average Bonchev–Trinajstić information content (AvgIpc) is 2.15. The van der Waals surface area contributed by atoms with Crippen LogP contribution in [-0.2, 0) is 4.79 Å². The van der Waals surface area contributed by atoms with Crippen molar-refractivity contribution < 1.29 is 4.79 Å². The summed E-state index contributed by atoms with van der Waals surface area (Å²) in [6.45, 7) is 7.63. The molecular weight excluding hydrogens is 176 g/mol. The van der Waals surface area contributed by atoms with E-state index in [1.807, 2.05) is 27.7 Å². The highest BCUT2D eigenvalue weighted by molar-refractivity contribution is 5.89. The normalized spacial score (nSPS) is 13.7.